The van der Waals surface area contributed by atoms with Crippen LogP contribution in [0.3, 0.4) is 0 Å². The molecule has 0 atom stereocenters. The van der Waals surface area contributed by atoms with Crippen molar-refractivity contribution >= 4 is 22.7 Å². The lowest BCUT2D eigenvalue weighted by molar-refractivity contribution is 0.414. The first-order chi connectivity index (χ1) is 13.2. The first-order valence-electron chi connectivity index (χ1n) is 8.27. The number of aromatic nitrogens is 3. The fourth-order valence-corrected chi connectivity index (χ4v) is 4.51. The van der Waals surface area contributed by atoms with Gasteiger partial charge in [0.05, 0.1) is 17.6 Å². The molecule has 0 spiro atoms. The van der Waals surface area contributed by atoms with Crippen molar-refractivity contribution in [1.29, 1.82) is 0 Å². The van der Waals surface area contributed by atoms with E-state index in [9.17, 15) is 18.6 Å². The molecule has 3 rings (SSSR count). The third kappa shape index (κ3) is 3.40. The van der Waals surface area contributed by atoms with E-state index >= 15 is 0 Å². The predicted octanol–water partition coefficient (Wildman–Crippen LogP) is 3.01. The molecule has 0 bridgehead atoms. The van der Waals surface area contributed by atoms with Gasteiger partial charge in [-0.25, -0.2) is 8.42 Å². The molecule has 2 aromatic carbocycles. The second kappa shape index (κ2) is 7.36. The molecule has 0 amide bonds. The molecular formula is C18H19N3O5S2. The molecule has 0 aliphatic rings. The van der Waals surface area contributed by atoms with Crippen molar-refractivity contribution in [3.05, 3.63) is 42.0 Å². The number of phenolic OH excluding ortho intramolecular Hbond substituents is 2. The van der Waals surface area contributed by atoms with E-state index in [2.05, 4.69) is 22.8 Å². The molecule has 3 aromatic rings. The third-order valence-electron chi connectivity index (χ3n) is 4.21. The molecule has 10 heteroatoms. The average Bonchev–Trinajstić information content (AvgIpc) is 3.03. The van der Waals surface area contributed by atoms with Crippen LogP contribution in [0.1, 0.15) is 25.3 Å². The maximum atomic E-state index is 13.2. The molecule has 0 fully saturated rings. The number of ether oxygens (including phenoxy) is 1. The summed E-state index contributed by atoms with van der Waals surface area (Å²) in [5.74, 6) is -0.0865. The lowest BCUT2D eigenvalue weighted by Gasteiger charge is -2.14. The molecule has 0 unspecified atom stereocenters. The minimum Gasteiger partial charge on any atom is -0.508 e. The van der Waals surface area contributed by atoms with E-state index < -0.39 is 10.0 Å². The van der Waals surface area contributed by atoms with Crippen molar-refractivity contribution in [2.45, 2.75) is 29.8 Å². The number of benzene rings is 2. The van der Waals surface area contributed by atoms with E-state index in [1.807, 2.05) is 13.8 Å². The highest BCUT2D eigenvalue weighted by molar-refractivity contribution is 7.90. The van der Waals surface area contributed by atoms with E-state index in [1.165, 1.54) is 37.4 Å². The van der Waals surface area contributed by atoms with E-state index in [0.717, 1.165) is 10.0 Å². The summed E-state index contributed by atoms with van der Waals surface area (Å²) < 4.78 is 32.2. The van der Waals surface area contributed by atoms with Gasteiger partial charge in [-0.15, -0.1) is 22.8 Å². The number of phenols is 2. The average molecular weight is 422 g/mol. The van der Waals surface area contributed by atoms with Crippen LogP contribution in [0.4, 0.5) is 0 Å². The number of aromatic hydroxyl groups is 2. The van der Waals surface area contributed by atoms with Crippen molar-refractivity contribution in [1.82, 2.24) is 14.2 Å². The van der Waals surface area contributed by atoms with Crippen LogP contribution in [0.15, 0.2) is 46.5 Å². The van der Waals surface area contributed by atoms with Gasteiger partial charge in [0.15, 0.2) is 5.82 Å². The summed E-state index contributed by atoms with van der Waals surface area (Å²) in [5, 5.41) is 27.8. The zero-order valence-electron chi connectivity index (χ0n) is 15.4. The van der Waals surface area contributed by atoms with Crippen LogP contribution in [-0.2, 0) is 10.0 Å². The largest absolute Gasteiger partial charge is 0.508 e. The number of rotatable bonds is 5. The highest BCUT2D eigenvalue weighted by atomic mass is 32.2. The van der Waals surface area contributed by atoms with Gasteiger partial charge in [0.1, 0.15) is 17.2 Å². The fraction of sp³-hybridized carbons (Fsp3) is 0.222. The van der Waals surface area contributed by atoms with Crippen LogP contribution in [0.5, 0.6) is 17.2 Å². The van der Waals surface area contributed by atoms with Crippen LogP contribution in [0.2, 0.25) is 0 Å². The van der Waals surface area contributed by atoms with Crippen LogP contribution in [0, 0.1) is 0 Å². The van der Waals surface area contributed by atoms with E-state index in [-0.39, 0.29) is 38.9 Å². The number of thiol groups is 1. The Morgan fingerprint density at radius 2 is 1.71 bits per heavy atom. The molecule has 148 valence electrons. The summed E-state index contributed by atoms with van der Waals surface area (Å²) in [6, 6.07) is 8.46. The fourth-order valence-electron chi connectivity index (χ4n) is 2.74. The quantitative estimate of drug-likeness (QED) is 0.543. The molecule has 1 aromatic heterocycles. The van der Waals surface area contributed by atoms with Gasteiger partial charge in [-0.1, -0.05) is 13.8 Å². The summed E-state index contributed by atoms with van der Waals surface area (Å²) in [6.45, 7) is 3.72. The van der Waals surface area contributed by atoms with Crippen molar-refractivity contribution in [3.63, 3.8) is 0 Å². The molecule has 8 nitrogen and oxygen atoms in total. The second-order valence-corrected chi connectivity index (χ2v) is 8.54. The van der Waals surface area contributed by atoms with Gasteiger partial charge in [-0.2, -0.15) is 3.97 Å². The normalized spacial score (nSPS) is 11.8. The predicted molar refractivity (Wildman–Crippen MR) is 106 cm³/mol. The van der Waals surface area contributed by atoms with Gasteiger partial charge in [-0.3, -0.25) is 0 Å². The summed E-state index contributed by atoms with van der Waals surface area (Å²) in [4.78, 5) is -0.0213. The lowest BCUT2D eigenvalue weighted by atomic mass is 9.98. The summed E-state index contributed by atoms with van der Waals surface area (Å²) in [6.07, 6.45) is 0. The Labute approximate surface area is 167 Å². The first-order valence-corrected chi connectivity index (χ1v) is 10.2. The molecule has 0 aliphatic heterocycles. The number of hydrogen-bond acceptors (Lipinski definition) is 8. The number of methoxy groups -OCH3 is 1. The van der Waals surface area contributed by atoms with Crippen molar-refractivity contribution in [3.8, 4) is 28.6 Å². The Bertz CT molecular complexity index is 1120. The zero-order valence-corrected chi connectivity index (χ0v) is 17.1. The van der Waals surface area contributed by atoms with Gasteiger partial charge < -0.3 is 14.9 Å². The van der Waals surface area contributed by atoms with Crippen molar-refractivity contribution < 1.29 is 23.4 Å². The van der Waals surface area contributed by atoms with Crippen LogP contribution < -0.4 is 4.74 Å². The highest BCUT2D eigenvalue weighted by Gasteiger charge is 2.27. The number of hydrogen-bond donors (Lipinski definition) is 3. The van der Waals surface area contributed by atoms with E-state index in [1.54, 1.807) is 0 Å². The van der Waals surface area contributed by atoms with Gasteiger partial charge in [0.2, 0.25) is 5.16 Å². The first kappa shape index (κ1) is 20.0. The molecule has 1 heterocycles. The molecular weight excluding hydrogens is 402 g/mol. The Kier molecular flexibility index (Phi) is 5.26. The standard InChI is InChI=1S/C18H19N3O5S2/c1-10(2)13-8-14(16(23)9-15(13)22)17-19-20-18(27)21(17)28(24,25)12-6-4-11(26-3)5-7-12/h4-10,22-23H,1-3H3,(H,20,27). The van der Waals surface area contributed by atoms with Crippen LogP contribution in [-0.4, -0.2) is 39.9 Å². The molecule has 0 radical (unpaired) electrons. The SMILES string of the molecule is COc1ccc(S(=O)(=O)n2c(S)nnc2-c2cc(C(C)C)c(O)cc2O)cc1. The smallest absolute Gasteiger partial charge is 0.271 e. The zero-order chi connectivity index (χ0) is 20.6. The summed E-state index contributed by atoms with van der Waals surface area (Å²) >= 11 is 4.13. The van der Waals surface area contributed by atoms with Gasteiger partial charge in [-0.05, 0) is 41.8 Å². The molecule has 0 aliphatic carbocycles. The maximum Gasteiger partial charge on any atom is 0.271 e. The lowest BCUT2D eigenvalue weighted by Crippen LogP contribution is -2.15. The van der Waals surface area contributed by atoms with Gasteiger partial charge in [0, 0.05) is 6.07 Å². The molecule has 0 saturated heterocycles. The van der Waals surface area contributed by atoms with Crippen molar-refractivity contribution in [2.24, 2.45) is 0 Å². The summed E-state index contributed by atoms with van der Waals surface area (Å²) in [5.41, 5.74) is 0.649. The topological polar surface area (TPSA) is 115 Å². The minimum atomic E-state index is -4.10. The molecule has 0 saturated carbocycles. The van der Waals surface area contributed by atoms with Crippen LogP contribution >= 0.6 is 12.6 Å². The van der Waals surface area contributed by atoms with Crippen LogP contribution in [0.25, 0.3) is 11.4 Å². The number of nitrogens with zero attached hydrogens (tertiary/aromatic N) is 3. The van der Waals surface area contributed by atoms with Crippen molar-refractivity contribution in [2.75, 3.05) is 7.11 Å². The van der Waals surface area contributed by atoms with Gasteiger partial charge in [0.25, 0.3) is 10.0 Å². The summed E-state index contributed by atoms with van der Waals surface area (Å²) in [7, 11) is -2.62. The van der Waals surface area contributed by atoms with E-state index in [0.29, 0.717) is 11.3 Å². The monoisotopic (exact) mass is 421 g/mol. The molecule has 2 N–H and O–H groups in total. The highest BCUT2D eigenvalue weighted by Crippen LogP contribution is 2.38. The Morgan fingerprint density at radius 1 is 1.07 bits per heavy atom. The minimum absolute atomic E-state index is 0.0213. The Morgan fingerprint density at radius 3 is 2.29 bits per heavy atom. The Balaban J connectivity index is 2.21. The second-order valence-electron chi connectivity index (χ2n) is 6.35. The van der Waals surface area contributed by atoms with Gasteiger partial charge >= 0.3 is 0 Å². The Hall–Kier alpha value is -2.72. The molecule has 28 heavy (non-hydrogen) atoms. The maximum absolute atomic E-state index is 13.2. The van der Waals surface area contributed by atoms with E-state index in [4.69, 9.17) is 4.74 Å². The third-order valence-corrected chi connectivity index (χ3v) is 6.33.